The van der Waals surface area contributed by atoms with Crippen LogP contribution in [-0.2, 0) is 4.79 Å². The van der Waals surface area contributed by atoms with E-state index in [2.05, 4.69) is 4.98 Å². The first-order chi connectivity index (χ1) is 6.83. The highest BCUT2D eigenvalue weighted by Crippen LogP contribution is 2.32. The van der Waals surface area contributed by atoms with Crippen molar-refractivity contribution in [3.05, 3.63) is 30.1 Å². The number of hydrogen-bond donors (Lipinski definition) is 1. The summed E-state index contributed by atoms with van der Waals surface area (Å²) in [5.74, 6) is 0.172. The number of carbonyl (C=O) groups is 1. The summed E-state index contributed by atoms with van der Waals surface area (Å²) in [7, 11) is 0. The van der Waals surface area contributed by atoms with E-state index in [0.29, 0.717) is 19.5 Å². The molecule has 1 atom stereocenters. The van der Waals surface area contributed by atoms with Gasteiger partial charge in [-0.3, -0.25) is 9.78 Å². The number of β-lactam (4-membered cyclic amide) rings is 1. The van der Waals surface area contributed by atoms with Crippen LogP contribution in [0.25, 0.3) is 0 Å². The number of pyridine rings is 1. The van der Waals surface area contributed by atoms with Gasteiger partial charge in [0.2, 0.25) is 5.91 Å². The maximum atomic E-state index is 11.2. The molecule has 14 heavy (non-hydrogen) atoms. The quantitative estimate of drug-likeness (QED) is 0.700. The molecule has 1 aromatic heterocycles. The SMILES string of the molecule is NCCN1C(=O)CC1c1ccccn1. The molecule has 1 aromatic rings. The maximum absolute atomic E-state index is 11.2. The molecule has 74 valence electrons. The van der Waals surface area contributed by atoms with Gasteiger partial charge in [0.1, 0.15) is 0 Å². The van der Waals surface area contributed by atoms with E-state index in [1.54, 1.807) is 11.1 Å². The van der Waals surface area contributed by atoms with Gasteiger partial charge in [-0.1, -0.05) is 6.07 Å². The van der Waals surface area contributed by atoms with E-state index in [1.807, 2.05) is 18.2 Å². The van der Waals surface area contributed by atoms with Gasteiger partial charge in [-0.15, -0.1) is 0 Å². The van der Waals surface area contributed by atoms with Crippen LogP contribution in [-0.4, -0.2) is 28.9 Å². The molecule has 0 spiro atoms. The van der Waals surface area contributed by atoms with Gasteiger partial charge in [-0.2, -0.15) is 0 Å². The number of hydrogen-bond acceptors (Lipinski definition) is 3. The van der Waals surface area contributed by atoms with E-state index in [9.17, 15) is 4.79 Å². The molecule has 2 N–H and O–H groups in total. The second-order valence-electron chi connectivity index (χ2n) is 3.35. The highest BCUT2D eigenvalue weighted by molar-refractivity contribution is 5.83. The molecule has 1 fully saturated rings. The molecule has 4 nitrogen and oxygen atoms in total. The largest absolute Gasteiger partial charge is 0.332 e. The van der Waals surface area contributed by atoms with E-state index in [1.165, 1.54) is 0 Å². The topological polar surface area (TPSA) is 59.2 Å². The second-order valence-corrected chi connectivity index (χ2v) is 3.35. The molecule has 1 amide bonds. The third-order valence-electron chi connectivity index (χ3n) is 2.46. The molecule has 1 saturated heterocycles. The van der Waals surface area contributed by atoms with Crippen LogP contribution in [0.5, 0.6) is 0 Å². The molecule has 1 unspecified atom stereocenters. The van der Waals surface area contributed by atoms with Crippen LogP contribution < -0.4 is 5.73 Å². The minimum Gasteiger partial charge on any atom is -0.332 e. The lowest BCUT2D eigenvalue weighted by atomic mass is 9.98. The lowest BCUT2D eigenvalue weighted by Crippen LogP contribution is -2.48. The first-order valence-corrected chi connectivity index (χ1v) is 4.73. The molecular formula is C10H13N3O. The van der Waals surface area contributed by atoms with Crippen LogP contribution in [0.4, 0.5) is 0 Å². The molecule has 1 aliphatic rings. The summed E-state index contributed by atoms with van der Waals surface area (Å²) in [6.07, 6.45) is 2.32. The Morgan fingerprint density at radius 3 is 3.00 bits per heavy atom. The molecule has 2 heterocycles. The van der Waals surface area contributed by atoms with Crippen molar-refractivity contribution in [3.8, 4) is 0 Å². The van der Waals surface area contributed by atoms with E-state index in [-0.39, 0.29) is 11.9 Å². The Bertz CT molecular complexity index is 325. The summed E-state index contributed by atoms with van der Waals surface area (Å²) in [4.78, 5) is 17.3. The smallest absolute Gasteiger partial charge is 0.225 e. The Morgan fingerprint density at radius 2 is 2.43 bits per heavy atom. The lowest BCUT2D eigenvalue weighted by molar-refractivity contribution is -0.146. The van der Waals surface area contributed by atoms with E-state index in [4.69, 9.17) is 5.73 Å². The Morgan fingerprint density at radius 1 is 1.57 bits per heavy atom. The standard InChI is InChI=1S/C10H13N3O/c11-4-6-13-9(7-10(13)14)8-3-1-2-5-12-8/h1-3,5,9H,4,6-7,11H2. The van der Waals surface area contributed by atoms with Crippen molar-refractivity contribution >= 4 is 5.91 Å². The Hall–Kier alpha value is -1.42. The average Bonchev–Trinajstić information content (AvgIpc) is 2.24. The number of amides is 1. The molecule has 0 radical (unpaired) electrons. The van der Waals surface area contributed by atoms with Gasteiger partial charge in [0, 0.05) is 19.3 Å². The summed E-state index contributed by atoms with van der Waals surface area (Å²) >= 11 is 0. The van der Waals surface area contributed by atoms with Crippen LogP contribution in [0.15, 0.2) is 24.4 Å². The molecule has 4 heteroatoms. The molecular weight excluding hydrogens is 178 g/mol. The van der Waals surface area contributed by atoms with Crippen molar-refractivity contribution in [1.29, 1.82) is 0 Å². The van der Waals surface area contributed by atoms with E-state index >= 15 is 0 Å². The van der Waals surface area contributed by atoms with Crippen molar-refractivity contribution in [2.45, 2.75) is 12.5 Å². The predicted octanol–water partition coefficient (Wildman–Crippen LogP) is 0.314. The van der Waals surface area contributed by atoms with Crippen molar-refractivity contribution in [3.63, 3.8) is 0 Å². The highest BCUT2D eigenvalue weighted by Gasteiger charge is 2.36. The summed E-state index contributed by atoms with van der Waals surface area (Å²) in [6.45, 7) is 1.13. The number of carbonyl (C=O) groups excluding carboxylic acids is 1. The molecule has 0 bridgehead atoms. The minimum atomic E-state index is 0.146. The predicted molar refractivity (Wildman–Crippen MR) is 52.4 cm³/mol. The van der Waals surface area contributed by atoms with Gasteiger partial charge in [0.15, 0.2) is 0 Å². The normalized spacial score (nSPS) is 20.8. The monoisotopic (exact) mass is 191 g/mol. The lowest BCUT2D eigenvalue weighted by Gasteiger charge is -2.39. The molecule has 2 rings (SSSR count). The van der Waals surface area contributed by atoms with Crippen molar-refractivity contribution in [2.24, 2.45) is 5.73 Å². The number of nitrogens with zero attached hydrogens (tertiary/aromatic N) is 2. The van der Waals surface area contributed by atoms with Crippen molar-refractivity contribution in [1.82, 2.24) is 9.88 Å². The van der Waals surface area contributed by atoms with Crippen molar-refractivity contribution < 1.29 is 4.79 Å². The van der Waals surface area contributed by atoms with Gasteiger partial charge >= 0.3 is 0 Å². The second kappa shape index (κ2) is 3.75. The van der Waals surface area contributed by atoms with Gasteiger partial charge in [0.05, 0.1) is 18.2 Å². The van der Waals surface area contributed by atoms with Crippen LogP contribution in [0.2, 0.25) is 0 Å². The van der Waals surface area contributed by atoms with E-state index in [0.717, 1.165) is 5.69 Å². The minimum absolute atomic E-state index is 0.146. The Labute approximate surface area is 82.7 Å². The summed E-state index contributed by atoms with van der Waals surface area (Å²) in [6, 6.07) is 5.90. The zero-order valence-corrected chi connectivity index (χ0v) is 7.89. The first-order valence-electron chi connectivity index (χ1n) is 4.73. The summed E-state index contributed by atoms with van der Waals surface area (Å²) in [5, 5.41) is 0. The Balaban J connectivity index is 2.10. The van der Waals surface area contributed by atoms with Gasteiger partial charge in [-0.25, -0.2) is 0 Å². The fourth-order valence-corrected chi connectivity index (χ4v) is 1.71. The summed E-state index contributed by atoms with van der Waals surface area (Å²) < 4.78 is 0. The maximum Gasteiger partial charge on any atom is 0.225 e. The third kappa shape index (κ3) is 1.48. The molecule has 0 aliphatic carbocycles. The first kappa shape index (κ1) is 9.15. The highest BCUT2D eigenvalue weighted by atomic mass is 16.2. The summed E-state index contributed by atoms with van der Waals surface area (Å²) in [5.41, 5.74) is 6.39. The van der Waals surface area contributed by atoms with Gasteiger partial charge in [0.25, 0.3) is 0 Å². The van der Waals surface area contributed by atoms with Crippen LogP contribution in [0, 0.1) is 0 Å². The molecule has 1 aliphatic heterocycles. The third-order valence-corrected chi connectivity index (χ3v) is 2.46. The molecule has 0 saturated carbocycles. The van der Waals surface area contributed by atoms with Crippen molar-refractivity contribution in [2.75, 3.05) is 13.1 Å². The van der Waals surface area contributed by atoms with Gasteiger partial charge < -0.3 is 10.6 Å². The van der Waals surface area contributed by atoms with Gasteiger partial charge in [-0.05, 0) is 12.1 Å². The Kier molecular flexibility index (Phi) is 2.45. The number of aromatic nitrogens is 1. The average molecular weight is 191 g/mol. The van der Waals surface area contributed by atoms with E-state index < -0.39 is 0 Å². The van der Waals surface area contributed by atoms with Crippen LogP contribution in [0.1, 0.15) is 18.2 Å². The number of likely N-dealkylation sites (tertiary alicyclic amines) is 1. The number of rotatable bonds is 3. The fourth-order valence-electron chi connectivity index (χ4n) is 1.71. The zero-order valence-electron chi connectivity index (χ0n) is 7.89. The van der Waals surface area contributed by atoms with Crippen LogP contribution in [0.3, 0.4) is 0 Å². The molecule has 0 aromatic carbocycles. The number of nitrogens with two attached hydrogens (primary N) is 1. The van der Waals surface area contributed by atoms with Crippen LogP contribution >= 0.6 is 0 Å². The fraction of sp³-hybridized carbons (Fsp3) is 0.400. The zero-order chi connectivity index (χ0) is 9.97.